The van der Waals surface area contributed by atoms with E-state index in [9.17, 15) is 18.3 Å². The Bertz CT molecular complexity index is 1070. The fourth-order valence-corrected chi connectivity index (χ4v) is 6.14. The second-order valence-corrected chi connectivity index (χ2v) is 11.4. The van der Waals surface area contributed by atoms with Crippen LogP contribution in [0.2, 0.25) is 0 Å². The number of nitrogens with zero attached hydrogens (tertiary/aromatic N) is 2. The summed E-state index contributed by atoms with van der Waals surface area (Å²) in [5.41, 5.74) is 0.399. The molecule has 1 heterocycles. The van der Waals surface area contributed by atoms with Gasteiger partial charge in [-0.1, -0.05) is 31.9 Å². The number of ether oxygens (including phenoxy) is 1. The number of aromatic carboxylic acids is 1. The van der Waals surface area contributed by atoms with E-state index in [1.165, 1.54) is 10.4 Å². The Balaban J connectivity index is 2.16. The number of alkyl halides is 1. The van der Waals surface area contributed by atoms with E-state index in [0.717, 1.165) is 32.1 Å². The number of hydrogen-bond donors (Lipinski definition) is 1. The van der Waals surface area contributed by atoms with E-state index in [1.54, 1.807) is 18.2 Å². The highest BCUT2D eigenvalue weighted by Crippen LogP contribution is 2.38. The highest BCUT2D eigenvalue weighted by Gasteiger charge is 2.33. The zero-order valence-corrected chi connectivity index (χ0v) is 21.9. The van der Waals surface area contributed by atoms with Crippen molar-refractivity contribution >= 4 is 44.9 Å². The van der Waals surface area contributed by atoms with Gasteiger partial charge in [0.1, 0.15) is 16.4 Å². The third-order valence-electron chi connectivity index (χ3n) is 5.94. The lowest BCUT2D eigenvalue weighted by Crippen LogP contribution is -2.30. The van der Waals surface area contributed by atoms with Gasteiger partial charge in [-0.3, -0.25) is 0 Å². The first kappa shape index (κ1) is 26.9. The molecule has 1 N–H and O–H groups in total. The molecule has 188 valence electrons. The van der Waals surface area contributed by atoms with Crippen molar-refractivity contribution in [1.29, 1.82) is 0 Å². The highest BCUT2D eigenvalue weighted by atomic mass is 35.5. The summed E-state index contributed by atoms with van der Waals surface area (Å²) in [6, 6.07) is 2.81. The van der Waals surface area contributed by atoms with Crippen molar-refractivity contribution in [2.45, 2.75) is 62.6 Å². The maximum atomic E-state index is 13.5. The molecule has 0 aromatic heterocycles. The van der Waals surface area contributed by atoms with Crippen LogP contribution in [0, 0.1) is 0 Å². The van der Waals surface area contributed by atoms with Crippen LogP contribution in [-0.2, 0) is 10.0 Å². The lowest BCUT2D eigenvalue weighted by atomic mass is 10.1. The van der Waals surface area contributed by atoms with Gasteiger partial charge in [0.05, 0.1) is 16.6 Å². The van der Waals surface area contributed by atoms with Crippen LogP contribution in [0.15, 0.2) is 40.0 Å². The molecule has 1 aromatic rings. The Kier molecular flexibility index (Phi) is 9.32. The molecule has 7 nitrogen and oxygen atoms in total. The first-order valence-corrected chi connectivity index (χ1v) is 14.0. The number of carboxylic acids is 1. The van der Waals surface area contributed by atoms with Crippen molar-refractivity contribution in [2.24, 2.45) is 0 Å². The Morgan fingerprint density at radius 1 is 1.18 bits per heavy atom. The summed E-state index contributed by atoms with van der Waals surface area (Å²) in [6.45, 7) is 6.19. The van der Waals surface area contributed by atoms with Crippen LogP contribution in [0.25, 0.3) is 0 Å². The standard InChI is InChI=1S/C24H32Cl2N2O5S/c1-3-5-11-27(10-4-2)21-16-22(33-17-8-9-19(25)20(26)14-17)23(15-18(21)24(29)30)34(31,32)28-12-6-7-13-28/h8-9,15-16,20H,3-7,10-14H2,1-2H3,(H,29,30). The summed E-state index contributed by atoms with van der Waals surface area (Å²) >= 11 is 12.4. The number of rotatable bonds is 11. The van der Waals surface area contributed by atoms with Crippen molar-refractivity contribution < 1.29 is 23.1 Å². The van der Waals surface area contributed by atoms with Crippen molar-refractivity contribution in [3.05, 3.63) is 40.6 Å². The van der Waals surface area contributed by atoms with E-state index >= 15 is 0 Å². The van der Waals surface area contributed by atoms with Crippen LogP contribution in [-0.4, -0.2) is 55.4 Å². The van der Waals surface area contributed by atoms with Gasteiger partial charge in [0, 0.05) is 43.7 Å². The Morgan fingerprint density at radius 2 is 1.88 bits per heavy atom. The molecule has 0 amide bonds. The normalized spacial score (nSPS) is 19.0. The van der Waals surface area contributed by atoms with Crippen LogP contribution in [0.1, 0.15) is 62.7 Å². The van der Waals surface area contributed by atoms with Crippen LogP contribution < -0.4 is 9.64 Å². The van der Waals surface area contributed by atoms with Gasteiger partial charge in [0.15, 0.2) is 0 Å². The molecule has 1 unspecified atom stereocenters. The monoisotopic (exact) mass is 530 g/mol. The fourth-order valence-electron chi connectivity index (χ4n) is 4.14. The van der Waals surface area contributed by atoms with Gasteiger partial charge in [0.25, 0.3) is 0 Å². The van der Waals surface area contributed by atoms with Crippen LogP contribution in [0.4, 0.5) is 5.69 Å². The molecule has 1 fully saturated rings. The van der Waals surface area contributed by atoms with Gasteiger partial charge in [0.2, 0.25) is 10.0 Å². The molecule has 10 heteroatoms. The summed E-state index contributed by atoms with van der Waals surface area (Å²) < 4.78 is 34.5. The lowest BCUT2D eigenvalue weighted by Gasteiger charge is -2.28. The minimum atomic E-state index is -3.95. The Labute approximate surface area is 212 Å². The molecule has 1 aliphatic carbocycles. The number of sulfonamides is 1. The third-order valence-corrected chi connectivity index (χ3v) is 8.75. The van der Waals surface area contributed by atoms with E-state index in [-0.39, 0.29) is 16.2 Å². The van der Waals surface area contributed by atoms with Gasteiger partial charge in [-0.05, 0) is 43.9 Å². The number of carbonyl (C=O) groups is 1. The number of halogens is 2. The Morgan fingerprint density at radius 3 is 2.47 bits per heavy atom. The molecule has 0 saturated carbocycles. The number of hydrogen-bond acceptors (Lipinski definition) is 5. The number of unbranched alkanes of at least 4 members (excludes halogenated alkanes) is 1. The molecule has 1 saturated heterocycles. The molecule has 1 aromatic carbocycles. The van der Waals surface area contributed by atoms with E-state index in [2.05, 4.69) is 6.92 Å². The second-order valence-electron chi connectivity index (χ2n) is 8.53. The SMILES string of the molecule is CCCCN(CCC)c1cc(OC2=CC=C(Cl)C(Cl)C2)c(S(=O)(=O)N2CCCC2)cc1C(=O)O. The fraction of sp³-hybridized carbons (Fsp3) is 0.542. The van der Waals surface area contributed by atoms with E-state index in [4.69, 9.17) is 27.9 Å². The largest absolute Gasteiger partial charge is 0.478 e. The van der Waals surface area contributed by atoms with Crippen molar-refractivity contribution in [2.75, 3.05) is 31.1 Å². The van der Waals surface area contributed by atoms with E-state index in [1.807, 2.05) is 11.8 Å². The lowest BCUT2D eigenvalue weighted by molar-refractivity contribution is 0.0697. The molecule has 1 atom stereocenters. The molecule has 0 bridgehead atoms. The van der Waals surface area contributed by atoms with Crippen molar-refractivity contribution in [3.63, 3.8) is 0 Å². The number of carboxylic acid groups (broad SMARTS) is 1. The molecule has 2 aliphatic rings. The van der Waals surface area contributed by atoms with Crippen LogP contribution in [0.5, 0.6) is 5.75 Å². The van der Waals surface area contributed by atoms with Crippen LogP contribution in [0.3, 0.4) is 0 Å². The summed E-state index contributed by atoms with van der Waals surface area (Å²) in [6.07, 6.45) is 7.77. The van der Waals surface area contributed by atoms with Gasteiger partial charge >= 0.3 is 5.97 Å². The predicted octanol–water partition coefficient (Wildman–Crippen LogP) is 5.58. The zero-order chi connectivity index (χ0) is 24.9. The molecule has 0 spiro atoms. The topological polar surface area (TPSA) is 87.2 Å². The minimum Gasteiger partial charge on any atom is -0.478 e. The number of allylic oxidation sites excluding steroid dienone is 4. The summed E-state index contributed by atoms with van der Waals surface area (Å²) in [5.74, 6) is -0.609. The van der Waals surface area contributed by atoms with Gasteiger partial charge in [-0.15, -0.1) is 11.6 Å². The molecule has 3 rings (SSSR count). The zero-order valence-electron chi connectivity index (χ0n) is 19.6. The summed E-state index contributed by atoms with van der Waals surface area (Å²) in [4.78, 5) is 14.1. The van der Waals surface area contributed by atoms with Crippen LogP contribution >= 0.6 is 23.2 Å². The minimum absolute atomic E-state index is 0.0505. The van der Waals surface area contributed by atoms with E-state index < -0.39 is 21.4 Å². The summed E-state index contributed by atoms with van der Waals surface area (Å²) in [5, 5.41) is 10.0. The smallest absolute Gasteiger partial charge is 0.337 e. The first-order valence-electron chi connectivity index (χ1n) is 11.7. The van der Waals surface area contributed by atoms with Gasteiger partial charge < -0.3 is 14.7 Å². The molecule has 0 radical (unpaired) electrons. The Hall–Kier alpha value is -1.74. The quantitative estimate of drug-likeness (QED) is 0.375. The second kappa shape index (κ2) is 11.8. The maximum absolute atomic E-state index is 13.5. The summed E-state index contributed by atoms with van der Waals surface area (Å²) in [7, 11) is -3.95. The predicted molar refractivity (Wildman–Crippen MR) is 136 cm³/mol. The molecular formula is C24H32Cl2N2O5S. The van der Waals surface area contributed by atoms with E-state index in [0.29, 0.717) is 49.1 Å². The van der Waals surface area contributed by atoms with Gasteiger partial charge in [-0.25, -0.2) is 13.2 Å². The van der Waals surface area contributed by atoms with Crippen molar-refractivity contribution in [1.82, 2.24) is 4.31 Å². The highest BCUT2D eigenvalue weighted by molar-refractivity contribution is 7.89. The number of benzene rings is 1. The maximum Gasteiger partial charge on any atom is 0.337 e. The average Bonchev–Trinajstić information content (AvgIpc) is 3.34. The van der Waals surface area contributed by atoms with Gasteiger partial charge in [-0.2, -0.15) is 4.31 Å². The third kappa shape index (κ3) is 6.08. The number of anilines is 1. The van der Waals surface area contributed by atoms with Crippen molar-refractivity contribution in [3.8, 4) is 5.75 Å². The molecule has 1 aliphatic heterocycles. The first-order chi connectivity index (χ1) is 16.2. The average molecular weight is 532 g/mol. The molecule has 34 heavy (non-hydrogen) atoms. The molecular weight excluding hydrogens is 499 g/mol.